The molecule has 0 fully saturated rings. The van der Waals surface area contributed by atoms with Gasteiger partial charge in [0.15, 0.2) is 0 Å². The molecule has 0 aromatic carbocycles. The normalized spacial score (nSPS) is 13.4. The first-order valence-corrected chi connectivity index (χ1v) is 4.95. The third-order valence-electron chi connectivity index (χ3n) is 2.71. The van der Waals surface area contributed by atoms with Gasteiger partial charge in [-0.2, -0.15) is 0 Å². The Kier molecular flexibility index (Phi) is 1.78. The fraction of sp³-hybridized carbons (Fsp3) is 0.300. The number of aromatic nitrogens is 4. The van der Waals surface area contributed by atoms with Gasteiger partial charge in [-0.3, -0.25) is 9.97 Å². The van der Waals surface area contributed by atoms with E-state index in [1.54, 1.807) is 12.4 Å². The van der Waals surface area contributed by atoms with Crippen molar-refractivity contribution in [1.29, 1.82) is 0 Å². The summed E-state index contributed by atoms with van der Waals surface area (Å²) in [4.78, 5) is 12.9. The SMILES string of the molecule is NCc1ncc2n1CCc1nccnc1-2. The summed E-state index contributed by atoms with van der Waals surface area (Å²) < 4.78 is 2.12. The first kappa shape index (κ1) is 8.55. The van der Waals surface area contributed by atoms with Crippen LogP contribution in [0.1, 0.15) is 11.5 Å². The van der Waals surface area contributed by atoms with Gasteiger partial charge < -0.3 is 10.3 Å². The fourth-order valence-corrected chi connectivity index (χ4v) is 2.00. The lowest BCUT2D eigenvalue weighted by molar-refractivity contribution is 0.629. The fourth-order valence-electron chi connectivity index (χ4n) is 2.00. The van der Waals surface area contributed by atoms with Gasteiger partial charge in [0.05, 0.1) is 24.1 Å². The van der Waals surface area contributed by atoms with Crippen LogP contribution in [0.5, 0.6) is 0 Å². The highest BCUT2D eigenvalue weighted by Crippen LogP contribution is 2.26. The predicted octanol–water partition coefficient (Wildman–Crippen LogP) is 0.355. The van der Waals surface area contributed by atoms with Gasteiger partial charge >= 0.3 is 0 Å². The Morgan fingerprint density at radius 2 is 2.13 bits per heavy atom. The third-order valence-corrected chi connectivity index (χ3v) is 2.71. The number of imidazole rings is 1. The lowest BCUT2D eigenvalue weighted by Crippen LogP contribution is -2.16. The Labute approximate surface area is 87.0 Å². The summed E-state index contributed by atoms with van der Waals surface area (Å²) in [5.74, 6) is 0.918. The molecular weight excluding hydrogens is 190 g/mol. The highest BCUT2D eigenvalue weighted by molar-refractivity contribution is 5.58. The van der Waals surface area contributed by atoms with Crippen molar-refractivity contribution in [2.24, 2.45) is 5.73 Å². The molecule has 0 spiro atoms. The molecule has 2 aromatic heterocycles. The number of fused-ring (bicyclic) bond motifs is 3. The van der Waals surface area contributed by atoms with Crippen molar-refractivity contribution >= 4 is 0 Å². The van der Waals surface area contributed by atoms with Gasteiger partial charge in [0.2, 0.25) is 0 Å². The molecule has 1 aliphatic heterocycles. The first-order chi connectivity index (χ1) is 7.40. The molecule has 0 radical (unpaired) electrons. The number of hydrogen-bond acceptors (Lipinski definition) is 4. The maximum absolute atomic E-state index is 5.62. The molecule has 0 amide bonds. The number of nitrogens with zero attached hydrogens (tertiary/aromatic N) is 4. The van der Waals surface area contributed by atoms with Crippen molar-refractivity contribution in [3.05, 3.63) is 30.1 Å². The molecule has 76 valence electrons. The number of rotatable bonds is 1. The minimum Gasteiger partial charge on any atom is -0.325 e. The number of hydrogen-bond donors (Lipinski definition) is 1. The minimum absolute atomic E-state index is 0.468. The zero-order valence-electron chi connectivity index (χ0n) is 8.22. The van der Waals surface area contributed by atoms with E-state index in [4.69, 9.17) is 5.73 Å². The Hall–Kier alpha value is -1.75. The maximum atomic E-state index is 5.62. The molecule has 5 nitrogen and oxygen atoms in total. The molecule has 0 unspecified atom stereocenters. The summed E-state index contributed by atoms with van der Waals surface area (Å²) in [6, 6.07) is 0. The second-order valence-corrected chi connectivity index (χ2v) is 3.52. The van der Waals surface area contributed by atoms with Crippen molar-refractivity contribution in [1.82, 2.24) is 19.5 Å². The van der Waals surface area contributed by atoms with Crippen LogP contribution in [0.25, 0.3) is 11.4 Å². The lowest BCUT2D eigenvalue weighted by atomic mass is 10.1. The molecule has 0 saturated heterocycles. The average Bonchev–Trinajstić information content (AvgIpc) is 2.72. The smallest absolute Gasteiger partial charge is 0.122 e. The summed E-state index contributed by atoms with van der Waals surface area (Å²) in [5, 5.41) is 0. The largest absolute Gasteiger partial charge is 0.325 e. The molecule has 2 aromatic rings. The predicted molar refractivity (Wildman–Crippen MR) is 54.8 cm³/mol. The maximum Gasteiger partial charge on any atom is 0.122 e. The third kappa shape index (κ3) is 1.16. The van der Waals surface area contributed by atoms with Crippen LogP contribution in [0.3, 0.4) is 0 Å². The minimum atomic E-state index is 0.468. The molecule has 0 bridgehead atoms. The second-order valence-electron chi connectivity index (χ2n) is 3.52. The molecule has 0 saturated carbocycles. The summed E-state index contributed by atoms with van der Waals surface area (Å²) >= 11 is 0. The van der Waals surface area contributed by atoms with Crippen molar-refractivity contribution in [3.8, 4) is 11.4 Å². The van der Waals surface area contributed by atoms with Gasteiger partial charge in [-0.25, -0.2) is 4.98 Å². The van der Waals surface area contributed by atoms with Crippen molar-refractivity contribution in [3.63, 3.8) is 0 Å². The van der Waals surface area contributed by atoms with Gasteiger partial charge in [-0.1, -0.05) is 0 Å². The highest BCUT2D eigenvalue weighted by Gasteiger charge is 2.20. The van der Waals surface area contributed by atoms with E-state index in [2.05, 4.69) is 19.5 Å². The molecular formula is C10H11N5. The van der Waals surface area contributed by atoms with Crippen LogP contribution in [-0.2, 0) is 19.5 Å². The van der Waals surface area contributed by atoms with E-state index in [1.807, 2.05) is 6.20 Å². The number of nitrogens with two attached hydrogens (primary N) is 1. The molecule has 1 aliphatic rings. The monoisotopic (exact) mass is 201 g/mol. The van der Waals surface area contributed by atoms with Crippen LogP contribution in [0.4, 0.5) is 0 Å². The summed E-state index contributed by atoms with van der Waals surface area (Å²) in [5.41, 5.74) is 8.64. The summed E-state index contributed by atoms with van der Waals surface area (Å²) in [6.45, 7) is 1.36. The molecule has 0 aliphatic carbocycles. The summed E-state index contributed by atoms with van der Waals surface area (Å²) in [7, 11) is 0. The second kappa shape index (κ2) is 3.13. The highest BCUT2D eigenvalue weighted by atomic mass is 15.1. The van der Waals surface area contributed by atoms with Crippen LogP contribution in [0.15, 0.2) is 18.6 Å². The van der Waals surface area contributed by atoms with Gasteiger partial charge in [-0.15, -0.1) is 0 Å². The number of aryl methyl sites for hydroxylation is 1. The van der Waals surface area contributed by atoms with Crippen LogP contribution >= 0.6 is 0 Å². The molecule has 5 heteroatoms. The van der Waals surface area contributed by atoms with Crippen LogP contribution < -0.4 is 5.73 Å². The van der Waals surface area contributed by atoms with E-state index < -0.39 is 0 Å². The lowest BCUT2D eigenvalue weighted by Gasteiger charge is -2.17. The molecule has 0 atom stereocenters. The Balaban J connectivity index is 2.22. The first-order valence-electron chi connectivity index (χ1n) is 4.95. The van der Waals surface area contributed by atoms with Crippen LogP contribution in [-0.4, -0.2) is 19.5 Å². The topological polar surface area (TPSA) is 69.6 Å². The van der Waals surface area contributed by atoms with E-state index in [0.717, 1.165) is 35.9 Å². The quantitative estimate of drug-likeness (QED) is 0.723. The van der Waals surface area contributed by atoms with E-state index in [9.17, 15) is 0 Å². The zero-order chi connectivity index (χ0) is 10.3. The molecule has 3 rings (SSSR count). The van der Waals surface area contributed by atoms with E-state index in [1.165, 1.54) is 0 Å². The molecule has 15 heavy (non-hydrogen) atoms. The molecule has 2 N–H and O–H groups in total. The van der Waals surface area contributed by atoms with E-state index >= 15 is 0 Å². The van der Waals surface area contributed by atoms with Gasteiger partial charge in [-0.05, 0) is 0 Å². The Morgan fingerprint density at radius 3 is 3.00 bits per heavy atom. The van der Waals surface area contributed by atoms with Crippen LogP contribution in [0, 0.1) is 0 Å². The average molecular weight is 201 g/mol. The van der Waals surface area contributed by atoms with E-state index in [0.29, 0.717) is 6.54 Å². The van der Waals surface area contributed by atoms with E-state index in [-0.39, 0.29) is 0 Å². The van der Waals surface area contributed by atoms with Gasteiger partial charge in [0.1, 0.15) is 11.5 Å². The van der Waals surface area contributed by atoms with Gasteiger partial charge in [0.25, 0.3) is 0 Å². The summed E-state index contributed by atoms with van der Waals surface area (Å²) in [6.07, 6.45) is 6.17. The van der Waals surface area contributed by atoms with Crippen molar-refractivity contribution in [2.45, 2.75) is 19.5 Å². The Bertz CT molecular complexity index is 502. The Morgan fingerprint density at radius 1 is 1.27 bits per heavy atom. The molecule has 3 heterocycles. The van der Waals surface area contributed by atoms with Crippen molar-refractivity contribution in [2.75, 3.05) is 0 Å². The zero-order valence-corrected chi connectivity index (χ0v) is 8.22. The van der Waals surface area contributed by atoms with Gasteiger partial charge in [0, 0.05) is 25.4 Å². The van der Waals surface area contributed by atoms with Crippen LogP contribution in [0.2, 0.25) is 0 Å². The standard InChI is InChI=1S/C10H11N5/c11-5-9-14-6-8-10-7(1-4-15(8)9)12-2-3-13-10/h2-3,6H,1,4-5,11H2. The van der Waals surface area contributed by atoms with Crippen molar-refractivity contribution < 1.29 is 0 Å².